The average molecular weight is 589 g/mol. The van der Waals surface area contributed by atoms with Gasteiger partial charge < -0.3 is 5.32 Å². The van der Waals surface area contributed by atoms with E-state index < -0.39 is 0 Å². The second-order valence-corrected chi connectivity index (χ2v) is 11.8. The van der Waals surface area contributed by atoms with E-state index in [0.29, 0.717) is 0 Å². The van der Waals surface area contributed by atoms with Crippen LogP contribution in [0.3, 0.4) is 0 Å². The first-order valence-corrected chi connectivity index (χ1v) is 15.6. The van der Waals surface area contributed by atoms with Gasteiger partial charge in [0.25, 0.3) is 0 Å². The summed E-state index contributed by atoms with van der Waals surface area (Å²) in [4.78, 5) is 4.15. The smallest absolute Gasteiger partial charge is 0.0857 e. The molecule has 0 bridgehead atoms. The molecule has 0 saturated heterocycles. The summed E-state index contributed by atoms with van der Waals surface area (Å²) >= 11 is 0. The minimum atomic E-state index is 0.840. The van der Waals surface area contributed by atoms with Crippen LogP contribution in [0.2, 0.25) is 0 Å². The van der Waals surface area contributed by atoms with Gasteiger partial charge in [0, 0.05) is 5.69 Å². The molecule has 0 heterocycles. The average Bonchev–Trinajstić information content (AvgIpc) is 3.11. The molecule has 0 unspecified atom stereocenters. The van der Waals surface area contributed by atoms with Crippen molar-refractivity contribution in [3.8, 4) is 33.4 Å². The molecule has 8 aromatic rings. The fourth-order valence-corrected chi connectivity index (χ4v) is 6.77. The first-order valence-electron chi connectivity index (χ1n) is 15.6. The van der Waals surface area contributed by atoms with Gasteiger partial charge in [-0.25, -0.2) is 0 Å². The van der Waals surface area contributed by atoms with Crippen molar-refractivity contribution >= 4 is 56.1 Å². The highest BCUT2D eigenvalue weighted by atomic mass is 14.9. The Labute approximate surface area is 269 Å². The van der Waals surface area contributed by atoms with Crippen LogP contribution in [0.1, 0.15) is 5.56 Å². The first-order chi connectivity index (χ1) is 22.7. The number of rotatable bonds is 6. The number of benzene rings is 8. The summed E-state index contributed by atoms with van der Waals surface area (Å²) in [5.41, 5.74) is 11.4. The lowest BCUT2D eigenvalue weighted by atomic mass is 9.85. The molecule has 0 saturated carbocycles. The van der Waals surface area contributed by atoms with Crippen LogP contribution in [0.4, 0.5) is 17.1 Å². The van der Waals surface area contributed by atoms with Crippen molar-refractivity contribution in [3.63, 3.8) is 0 Å². The molecule has 8 aromatic carbocycles. The number of fused-ring (bicyclic) bond motifs is 3. The van der Waals surface area contributed by atoms with Crippen molar-refractivity contribution in [2.75, 3.05) is 5.32 Å². The molecule has 0 aliphatic heterocycles. The molecule has 0 aromatic heterocycles. The van der Waals surface area contributed by atoms with Gasteiger partial charge in [0.15, 0.2) is 0 Å². The minimum Gasteiger partial charge on any atom is -0.354 e. The monoisotopic (exact) mass is 588 g/mol. The zero-order valence-corrected chi connectivity index (χ0v) is 25.7. The van der Waals surface area contributed by atoms with E-state index in [4.69, 9.17) is 0 Å². The van der Waals surface area contributed by atoms with Gasteiger partial charge in [-0.3, -0.25) is 4.99 Å². The molecule has 8 rings (SSSR count). The minimum absolute atomic E-state index is 0.840. The van der Waals surface area contributed by atoms with Gasteiger partial charge in [-0.2, -0.15) is 0 Å². The predicted molar refractivity (Wildman–Crippen MR) is 199 cm³/mol. The van der Waals surface area contributed by atoms with Gasteiger partial charge in [-0.1, -0.05) is 127 Å². The third kappa shape index (κ3) is 4.81. The van der Waals surface area contributed by atoms with Crippen molar-refractivity contribution in [1.82, 2.24) is 0 Å². The Morgan fingerprint density at radius 3 is 1.61 bits per heavy atom. The molecule has 218 valence electrons. The van der Waals surface area contributed by atoms with Crippen LogP contribution >= 0.6 is 0 Å². The Morgan fingerprint density at radius 1 is 0.435 bits per heavy atom. The van der Waals surface area contributed by atoms with Crippen molar-refractivity contribution < 1.29 is 0 Å². The largest absolute Gasteiger partial charge is 0.354 e. The molecule has 2 nitrogen and oxygen atoms in total. The molecule has 0 fully saturated rings. The number of anilines is 2. The van der Waals surface area contributed by atoms with Crippen LogP contribution in [-0.4, -0.2) is 6.72 Å². The molecule has 0 amide bonds. The Morgan fingerprint density at radius 2 is 0.957 bits per heavy atom. The van der Waals surface area contributed by atoms with Gasteiger partial charge in [0.05, 0.1) is 11.4 Å². The zero-order chi connectivity index (χ0) is 31.0. The number of nitrogens with one attached hydrogen (secondary N) is 1. The summed E-state index contributed by atoms with van der Waals surface area (Å²) in [7, 11) is 0. The highest BCUT2D eigenvalue weighted by molar-refractivity contribution is 6.21. The SMILES string of the molecule is C=Nc1ccccc1Nc1ccc(-c2ccc(-c3c4ccccc4c(-c4ccc5ccccc5c4)c4ccccc34)cc2)cc1C. The van der Waals surface area contributed by atoms with Crippen LogP contribution in [0, 0.1) is 6.92 Å². The van der Waals surface area contributed by atoms with Crippen LogP contribution in [-0.2, 0) is 0 Å². The summed E-state index contributed by atoms with van der Waals surface area (Å²) in [5.74, 6) is 0. The van der Waals surface area contributed by atoms with Crippen molar-refractivity contribution in [1.29, 1.82) is 0 Å². The van der Waals surface area contributed by atoms with Gasteiger partial charge >= 0.3 is 0 Å². The van der Waals surface area contributed by atoms with Crippen LogP contribution in [0.15, 0.2) is 163 Å². The predicted octanol–water partition coefficient (Wildman–Crippen LogP) is 12.5. The number of para-hydroxylation sites is 2. The lowest BCUT2D eigenvalue weighted by Crippen LogP contribution is -1.94. The Bertz CT molecular complexity index is 2360. The Balaban J connectivity index is 1.21. The third-order valence-corrected chi connectivity index (χ3v) is 9.05. The van der Waals surface area contributed by atoms with Crippen molar-refractivity contribution in [2.24, 2.45) is 4.99 Å². The molecule has 0 aliphatic carbocycles. The summed E-state index contributed by atoms with van der Waals surface area (Å²) in [6.45, 7) is 5.85. The molecule has 2 heteroatoms. The molecule has 46 heavy (non-hydrogen) atoms. The van der Waals surface area contributed by atoms with E-state index in [1.54, 1.807) is 0 Å². The topological polar surface area (TPSA) is 24.4 Å². The van der Waals surface area contributed by atoms with Crippen molar-refractivity contribution in [2.45, 2.75) is 6.92 Å². The van der Waals surface area contributed by atoms with E-state index in [2.05, 4.69) is 157 Å². The molecule has 0 radical (unpaired) electrons. The maximum Gasteiger partial charge on any atom is 0.0857 e. The van der Waals surface area contributed by atoms with Crippen molar-refractivity contribution in [3.05, 3.63) is 163 Å². The highest BCUT2D eigenvalue weighted by Gasteiger charge is 2.17. The fourth-order valence-electron chi connectivity index (χ4n) is 6.77. The van der Waals surface area contributed by atoms with E-state index in [1.165, 1.54) is 71.3 Å². The lowest BCUT2D eigenvalue weighted by Gasteiger charge is -2.18. The standard InChI is InChI=1S/C44H32N2/c1-29-27-34(25-26-40(29)46-42-18-10-9-17-41(42)45-2)31-19-22-32(23-20-31)43-36-13-5-7-15-38(36)44(39-16-8-6-14-37(39)43)35-24-21-30-11-3-4-12-33(30)28-35/h3-28,46H,2H2,1H3. The molecular formula is C44H32N2. The maximum absolute atomic E-state index is 4.15. The maximum atomic E-state index is 4.15. The summed E-state index contributed by atoms with van der Waals surface area (Å²) in [6, 6.07) is 56.7. The molecular weight excluding hydrogens is 556 g/mol. The van der Waals surface area contributed by atoms with E-state index in [9.17, 15) is 0 Å². The number of hydrogen-bond donors (Lipinski definition) is 1. The van der Waals surface area contributed by atoms with Gasteiger partial charge in [0.2, 0.25) is 0 Å². The summed E-state index contributed by atoms with van der Waals surface area (Å²) in [5, 5.41) is 11.1. The van der Waals surface area contributed by atoms with Gasteiger partial charge in [-0.15, -0.1) is 0 Å². The Kier molecular flexibility index (Phi) is 6.89. The van der Waals surface area contributed by atoms with E-state index in [-0.39, 0.29) is 0 Å². The van der Waals surface area contributed by atoms with Crippen LogP contribution in [0.5, 0.6) is 0 Å². The van der Waals surface area contributed by atoms with Crippen LogP contribution < -0.4 is 5.32 Å². The van der Waals surface area contributed by atoms with Gasteiger partial charge in [-0.05, 0) is 115 Å². The van der Waals surface area contributed by atoms with E-state index >= 15 is 0 Å². The van der Waals surface area contributed by atoms with Crippen LogP contribution in [0.25, 0.3) is 65.7 Å². The Hall–Kier alpha value is -5.99. The molecule has 1 N–H and O–H groups in total. The quantitative estimate of drug-likeness (QED) is 0.152. The highest BCUT2D eigenvalue weighted by Crippen LogP contribution is 2.44. The first kappa shape index (κ1) is 27.6. The van der Waals surface area contributed by atoms with E-state index in [0.717, 1.165) is 17.1 Å². The normalized spacial score (nSPS) is 11.2. The zero-order valence-electron chi connectivity index (χ0n) is 25.7. The molecule has 0 spiro atoms. The molecule has 0 atom stereocenters. The second kappa shape index (κ2) is 11.5. The number of aryl methyl sites for hydroxylation is 1. The summed E-state index contributed by atoms with van der Waals surface area (Å²) in [6.07, 6.45) is 0. The number of aliphatic imine (C=N–C) groups is 1. The number of hydrogen-bond acceptors (Lipinski definition) is 2. The second-order valence-electron chi connectivity index (χ2n) is 11.8. The fraction of sp³-hybridized carbons (Fsp3) is 0.0227. The lowest BCUT2D eigenvalue weighted by molar-refractivity contribution is 1.42. The number of nitrogens with zero attached hydrogens (tertiary/aromatic N) is 1. The summed E-state index contributed by atoms with van der Waals surface area (Å²) < 4.78 is 0. The molecule has 0 aliphatic rings. The van der Waals surface area contributed by atoms with Gasteiger partial charge in [0.1, 0.15) is 0 Å². The van der Waals surface area contributed by atoms with E-state index in [1.807, 2.05) is 24.3 Å². The third-order valence-electron chi connectivity index (χ3n) is 9.05.